The SMILES string of the molecule is CCCCCCC/C=C\C/C=C\C/C=C\CCCCCCCCCCCCCCCCCCC(=O)OC(COC(=O)CCCCCCC/C=C\CCCCCCC)COC(OCC[N+](C)(C)C)C(=O)[O-]. The third-order valence-electron chi connectivity index (χ3n) is 12.8. The van der Waals surface area contributed by atoms with Crippen LogP contribution in [0.1, 0.15) is 264 Å². The van der Waals surface area contributed by atoms with Gasteiger partial charge in [0, 0.05) is 12.8 Å². The van der Waals surface area contributed by atoms with Gasteiger partial charge in [0.05, 0.1) is 40.3 Å². The summed E-state index contributed by atoms with van der Waals surface area (Å²) in [5, 5.41) is 11.8. The van der Waals surface area contributed by atoms with Crippen molar-refractivity contribution < 1.29 is 42.9 Å². The third kappa shape index (κ3) is 53.1. The largest absolute Gasteiger partial charge is 0.545 e. The van der Waals surface area contributed by atoms with Gasteiger partial charge in [-0.1, -0.05) is 223 Å². The molecule has 0 fully saturated rings. The Labute approximate surface area is 432 Å². The molecule has 0 N–H and O–H groups in total. The van der Waals surface area contributed by atoms with Crippen molar-refractivity contribution in [2.24, 2.45) is 0 Å². The lowest BCUT2D eigenvalue weighted by atomic mass is 10.0. The van der Waals surface area contributed by atoms with Crippen LogP contribution in [0.15, 0.2) is 48.6 Å². The van der Waals surface area contributed by atoms with Gasteiger partial charge in [-0.3, -0.25) is 9.59 Å². The molecule has 0 saturated carbocycles. The van der Waals surface area contributed by atoms with Crippen molar-refractivity contribution in [2.45, 2.75) is 277 Å². The van der Waals surface area contributed by atoms with Crippen LogP contribution < -0.4 is 5.11 Å². The first-order valence-electron chi connectivity index (χ1n) is 29.3. The van der Waals surface area contributed by atoms with Gasteiger partial charge in [0.2, 0.25) is 0 Å². The van der Waals surface area contributed by atoms with Crippen LogP contribution in [0.4, 0.5) is 0 Å². The molecular formula is C61H111NO8. The van der Waals surface area contributed by atoms with Gasteiger partial charge >= 0.3 is 11.9 Å². The van der Waals surface area contributed by atoms with Crippen molar-refractivity contribution in [2.75, 3.05) is 47.5 Å². The summed E-state index contributed by atoms with van der Waals surface area (Å²) in [6.07, 6.45) is 61.7. The fourth-order valence-corrected chi connectivity index (χ4v) is 8.24. The van der Waals surface area contributed by atoms with Crippen LogP contribution in [0.3, 0.4) is 0 Å². The maximum absolute atomic E-state index is 12.9. The van der Waals surface area contributed by atoms with E-state index in [1.807, 2.05) is 21.1 Å². The molecule has 0 aliphatic rings. The van der Waals surface area contributed by atoms with Gasteiger partial charge < -0.3 is 33.3 Å². The number of carbonyl (C=O) groups is 3. The Kier molecular flexibility index (Phi) is 50.5. The number of allylic oxidation sites excluding steroid dienone is 8. The van der Waals surface area contributed by atoms with E-state index in [4.69, 9.17) is 18.9 Å². The first kappa shape index (κ1) is 67.2. The number of hydrogen-bond acceptors (Lipinski definition) is 8. The highest BCUT2D eigenvalue weighted by molar-refractivity contribution is 5.70. The predicted molar refractivity (Wildman–Crippen MR) is 292 cm³/mol. The van der Waals surface area contributed by atoms with E-state index in [1.165, 1.54) is 167 Å². The molecule has 0 aromatic rings. The van der Waals surface area contributed by atoms with Crippen LogP contribution >= 0.6 is 0 Å². The lowest BCUT2D eigenvalue weighted by Crippen LogP contribution is -2.44. The number of hydrogen-bond donors (Lipinski definition) is 0. The van der Waals surface area contributed by atoms with E-state index in [9.17, 15) is 19.5 Å². The average molecular weight is 987 g/mol. The molecule has 2 unspecified atom stereocenters. The Morgan fingerprint density at radius 3 is 1.16 bits per heavy atom. The Morgan fingerprint density at radius 2 is 0.771 bits per heavy atom. The minimum Gasteiger partial charge on any atom is -0.545 e. The molecule has 2 atom stereocenters. The Bertz CT molecular complexity index is 1290. The van der Waals surface area contributed by atoms with E-state index in [0.29, 0.717) is 17.4 Å². The van der Waals surface area contributed by atoms with E-state index in [-0.39, 0.29) is 38.6 Å². The van der Waals surface area contributed by atoms with Gasteiger partial charge in [-0.25, -0.2) is 0 Å². The quantitative estimate of drug-likeness (QED) is 0.0195. The van der Waals surface area contributed by atoms with E-state index < -0.39 is 24.3 Å². The second-order valence-electron chi connectivity index (χ2n) is 20.9. The lowest BCUT2D eigenvalue weighted by Gasteiger charge is -2.26. The summed E-state index contributed by atoms with van der Waals surface area (Å²) in [7, 11) is 5.92. The van der Waals surface area contributed by atoms with Crippen molar-refractivity contribution >= 4 is 17.9 Å². The lowest BCUT2D eigenvalue weighted by molar-refractivity contribution is -0.870. The topological polar surface area (TPSA) is 111 Å². The number of nitrogens with zero attached hydrogens (tertiary/aromatic N) is 1. The van der Waals surface area contributed by atoms with Gasteiger partial charge in [0.25, 0.3) is 0 Å². The smallest absolute Gasteiger partial charge is 0.306 e. The van der Waals surface area contributed by atoms with E-state index in [1.54, 1.807) is 0 Å². The summed E-state index contributed by atoms with van der Waals surface area (Å²) in [5.41, 5.74) is 0. The number of aliphatic carboxylic acids is 1. The Balaban J connectivity index is 4.13. The second kappa shape index (κ2) is 52.6. The zero-order chi connectivity index (χ0) is 51.3. The molecule has 9 nitrogen and oxygen atoms in total. The molecule has 70 heavy (non-hydrogen) atoms. The normalized spacial score (nSPS) is 13.1. The molecule has 0 rings (SSSR count). The summed E-state index contributed by atoms with van der Waals surface area (Å²) < 4.78 is 22.7. The standard InChI is InChI=1S/C61H111NO8/c1-6-8-10-12-14-16-18-20-22-23-24-25-26-27-28-29-30-31-32-33-34-35-36-37-38-40-42-44-46-48-50-52-59(64)70-57(56-69-61(60(65)66)67-54-53-62(3,4)5)55-68-58(63)51-49-47-45-43-41-39-21-19-17-15-13-11-9-7-2/h18-21,23-24,26-27,57,61H,6-17,22,25,28-56H2,1-5H3/b20-18-,21-19-,24-23-,27-26-. The number of carbonyl (C=O) groups excluding carboxylic acids is 3. The minimum absolute atomic E-state index is 0.147. The number of rotatable bonds is 54. The number of esters is 2. The van der Waals surface area contributed by atoms with Crippen LogP contribution in [0.25, 0.3) is 0 Å². The monoisotopic (exact) mass is 986 g/mol. The van der Waals surface area contributed by atoms with Crippen LogP contribution in [-0.2, 0) is 33.3 Å². The molecule has 0 spiro atoms. The molecule has 0 aromatic heterocycles. The summed E-state index contributed by atoms with van der Waals surface area (Å²) >= 11 is 0. The van der Waals surface area contributed by atoms with Gasteiger partial charge in [-0.15, -0.1) is 0 Å². The molecule has 0 amide bonds. The minimum atomic E-state index is -1.62. The van der Waals surface area contributed by atoms with Crippen molar-refractivity contribution in [3.63, 3.8) is 0 Å². The van der Waals surface area contributed by atoms with Crippen LogP contribution in [-0.4, -0.2) is 82.3 Å². The average Bonchev–Trinajstić information content (AvgIpc) is 3.33. The molecule has 0 aliphatic heterocycles. The molecule has 0 aromatic carbocycles. The molecule has 0 bridgehead atoms. The molecule has 0 saturated heterocycles. The zero-order valence-corrected chi connectivity index (χ0v) is 46.4. The summed E-state index contributed by atoms with van der Waals surface area (Å²) in [4.78, 5) is 37.2. The molecule has 9 heteroatoms. The van der Waals surface area contributed by atoms with Crippen LogP contribution in [0, 0.1) is 0 Å². The van der Waals surface area contributed by atoms with Crippen molar-refractivity contribution in [3.8, 4) is 0 Å². The Morgan fingerprint density at radius 1 is 0.429 bits per heavy atom. The highest BCUT2D eigenvalue weighted by Gasteiger charge is 2.22. The second-order valence-corrected chi connectivity index (χ2v) is 20.9. The van der Waals surface area contributed by atoms with Crippen LogP contribution in [0.2, 0.25) is 0 Å². The number of likely N-dealkylation sites (N-methyl/N-ethyl adjacent to an activating group) is 1. The highest BCUT2D eigenvalue weighted by atomic mass is 16.7. The predicted octanol–water partition coefficient (Wildman–Crippen LogP) is 15.7. The van der Waals surface area contributed by atoms with Crippen LogP contribution in [0.5, 0.6) is 0 Å². The number of quaternary nitrogens is 1. The maximum atomic E-state index is 12.9. The first-order valence-corrected chi connectivity index (χ1v) is 29.3. The summed E-state index contributed by atoms with van der Waals surface area (Å²) in [6.45, 7) is 4.74. The molecule has 0 aliphatic carbocycles. The maximum Gasteiger partial charge on any atom is 0.306 e. The van der Waals surface area contributed by atoms with Gasteiger partial charge in [0.1, 0.15) is 13.2 Å². The highest BCUT2D eigenvalue weighted by Crippen LogP contribution is 2.16. The fourth-order valence-electron chi connectivity index (χ4n) is 8.24. The van der Waals surface area contributed by atoms with E-state index >= 15 is 0 Å². The summed E-state index contributed by atoms with van der Waals surface area (Å²) in [5.74, 6) is -2.28. The van der Waals surface area contributed by atoms with Gasteiger partial charge in [0.15, 0.2) is 12.4 Å². The number of ether oxygens (including phenoxy) is 4. The van der Waals surface area contributed by atoms with Gasteiger partial charge in [-0.05, 0) is 77.0 Å². The van der Waals surface area contributed by atoms with Crippen molar-refractivity contribution in [1.82, 2.24) is 0 Å². The third-order valence-corrected chi connectivity index (χ3v) is 12.8. The molecule has 0 heterocycles. The van der Waals surface area contributed by atoms with Crippen molar-refractivity contribution in [1.29, 1.82) is 0 Å². The fraction of sp³-hybridized carbons (Fsp3) is 0.820. The number of carboxylic acid groups (broad SMARTS) is 1. The summed E-state index contributed by atoms with van der Waals surface area (Å²) in [6, 6.07) is 0. The molecule has 408 valence electrons. The number of carboxylic acids is 1. The number of unbranched alkanes of at least 4 members (excludes halogenated alkanes) is 31. The Hall–Kier alpha value is -2.75. The van der Waals surface area contributed by atoms with Gasteiger partial charge in [-0.2, -0.15) is 0 Å². The van der Waals surface area contributed by atoms with E-state index in [2.05, 4.69) is 62.5 Å². The molecule has 0 radical (unpaired) electrons. The van der Waals surface area contributed by atoms with Crippen molar-refractivity contribution in [3.05, 3.63) is 48.6 Å². The first-order chi connectivity index (χ1) is 34.1. The van der Waals surface area contributed by atoms with E-state index in [0.717, 1.165) is 64.2 Å². The molecular weight excluding hydrogens is 875 g/mol. The zero-order valence-electron chi connectivity index (χ0n) is 46.4.